The number of rotatable bonds is 9. The third-order valence-electron chi connectivity index (χ3n) is 7.76. The molecule has 4 N–H and O–H groups in total. The summed E-state index contributed by atoms with van der Waals surface area (Å²) in [5, 5.41) is 39.3. The molecule has 0 saturated carbocycles. The van der Waals surface area contributed by atoms with Crippen molar-refractivity contribution in [2.24, 2.45) is 0 Å². The van der Waals surface area contributed by atoms with Crippen LogP contribution in [0.25, 0.3) is 12.2 Å². The van der Waals surface area contributed by atoms with Crippen molar-refractivity contribution < 1.29 is 29.9 Å². The van der Waals surface area contributed by atoms with E-state index in [1.807, 2.05) is 0 Å². The number of anilines is 2. The molecule has 2 aromatic rings. The average molecular weight is 526 g/mol. The molecule has 5 rings (SSSR count). The molecule has 0 aliphatic carbocycles. The third kappa shape index (κ3) is 6.11. The molecule has 9 heteroatoms. The molecule has 5 atom stereocenters. The number of hydrogen-bond acceptors (Lipinski definition) is 9. The van der Waals surface area contributed by atoms with Crippen molar-refractivity contribution in [3.8, 4) is 0 Å². The summed E-state index contributed by atoms with van der Waals surface area (Å²) in [6.07, 6.45) is -0.702. The highest BCUT2D eigenvalue weighted by Crippen LogP contribution is 2.36. The average Bonchev–Trinajstić information content (AvgIpc) is 3.11. The summed E-state index contributed by atoms with van der Waals surface area (Å²) in [6.45, 7) is 6.34. The van der Waals surface area contributed by atoms with Crippen LogP contribution in [0.1, 0.15) is 17.5 Å². The van der Waals surface area contributed by atoms with Gasteiger partial charge in [-0.25, -0.2) is 0 Å². The van der Waals surface area contributed by atoms with Gasteiger partial charge >= 0.3 is 0 Å². The second kappa shape index (κ2) is 12.7. The Labute approximate surface area is 224 Å². The highest BCUT2D eigenvalue weighted by molar-refractivity contribution is 5.88. The molecule has 2 aromatic carbocycles. The Morgan fingerprint density at radius 1 is 0.737 bits per heavy atom. The van der Waals surface area contributed by atoms with Gasteiger partial charge in [0, 0.05) is 50.6 Å². The van der Waals surface area contributed by atoms with Crippen LogP contribution in [-0.2, 0) is 9.47 Å². The number of aliphatic hydroxyl groups is 4. The minimum Gasteiger partial charge on any atom is -0.394 e. The SMILES string of the molecule is OCC1OC(OCCN2CCN(CCCN3c4ccccc4C=Cc4ccccc43)CC2)C(O)C(O)C1O. The molecule has 0 spiro atoms. The van der Waals surface area contributed by atoms with Crippen LogP contribution in [0, 0.1) is 0 Å². The minimum absolute atomic E-state index is 0.324. The number of nitrogens with zero attached hydrogens (tertiary/aromatic N) is 3. The van der Waals surface area contributed by atoms with Gasteiger partial charge in [-0.3, -0.25) is 4.90 Å². The van der Waals surface area contributed by atoms with E-state index in [1.54, 1.807) is 0 Å². The van der Waals surface area contributed by atoms with Crippen molar-refractivity contribution in [3.63, 3.8) is 0 Å². The van der Waals surface area contributed by atoms with E-state index in [0.717, 1.165) is 45.7 Å². The molecule has 0 bridgehead atoms. The summed E-state index contributed by atoms with van der Waals surface area (Å²) in [4.78, 5) is 7.26. The van der Waals surface area contributed by atoms with Gasteiger partial charge in [0.1, 0.15) is 24.4 Å². The first-order valence-corrected chi connectivity index (χ1v) is 13.6. The molecule has 0 aromatic heterocycles. The topological polar surface area (TPSA) is 109 Å². The Morgan fingerprint density at radius 2 is 1.32 bits per heavy atom. The molecule has 5 unspecified atom stereocenters. The maximum atomic E-state index is 10.1. The van der Waals surface area contributed by atoms with Crippen LogP contribution in [0.15, 0.2) is 48.5 Å². The lowest BCUT2D eigenvalue weighted by molar-refractivity contribution is -0.301. The van der Waals surface area contributed by atoms with Crippen molar-refractivity contribution in [1.29, 1.82) is 0 Å². The lowest BCUT2D eigenvalue weighted by Gasteiger charge is -2.40. The first-order valence-electron chi connectivity index (χ1n) is 13.6. The molecule has 0 amide bonds. The molecule has 2 fully saturated rings. The number of hydrogen-bond donors (Lipinski definition) is 4. The normalized spacial score (nSPS) is 28.1. The predicted molar refractivity (Wildman–Crippen MR) is 146 cm³/mol. The number of benzene rings is 2. The fourth-order valence-electron chi connectivity index (χ4n) is 5.49. The summed E-state index contributed by atoms with van der Waals surface area (Å²) in [5.41, 5.74) is 4.97. The van der Waals surface area contributed by atoms with Crippen LogP contribution in [0.2, 0.25) is 0 Å². The van der Waals surface area contributed by atoms with Crippen molar-refractivity contribution >= 4 is 23.5 Å². The molecular formula is C29H39N3O6. The van der Waals surface area contributed by atoms with E-state index in [4.69, 9.17) is 9.47 Å². The molecule has 2 saturated heterocycles. The Bertz CT molecular complexity index is 1020. The van der Waals surface area contributed by atoms with E-state index in [2.05, 4.69) is 75.4 Å². The monoisotopic (exact) mass is 525 g/mol. The van der Waals surface area contributed by atoms with Crippen molar-refractivity contribution in [2.45, 2.75) is 37.1 Å². The number of ether oxygens (including phenoxy) is 2. The van der Waals surface area contributed by atoms with Crippen molar-refractivity contribution in [1.82, 2.24) is 9.80 Å². The van der Waals surface area contributed by atoms with Gasteiger partial charge in [0.05, 0.1) is 13.2 Å². The summed E-state index contributed by atoms with van der Waals surface area (Å²) < 4.78 is 11.1. The van der Waals surface area contributed by atoms with E-state index in [9.17, 15) is 20.4 Å². The fraction of sp³-hybridized carbons (Fsp3) is 0.517. The number of para-hydroxylation sites is 2. The van der Waals surface area contributed by atoms with Crippen LogP contribution in [-0.4, -0.2) is 120 Å². The number of aliphatic hydroxyl groups excluding tert-OH is 4. The maximum Gasteiger partial charge on any atom is 0.186 e. The van der Waals surface area contributed by atoms with Gasteiger partial charge in [0.15, 0.2) is 6.29 Å². The molecular weight excluding hydrogens is 486 g/mol. The van der Waals surface area contributed by atoms with E-state index in [0.29, 0.717) is 13.2 Å². The first-order chi connectivity index (χ1) is 18.5. The van der Waals surface area contributed by atoms with Crippen LogP contribution in [0.4, 0.5) is 11.4 Å². The maximum absolute atomic E-state index is 10.1. The first kappa shape index (κ1) is 27.2. The van der Waals surface area contributed by atoms with E-state index < -0.39 is 37.3 Å². The van der Waals surface area contributed by atoms with E-state index in [-0.39, 0.29) is 0 Å². The second-order valence-corrected chi connectivity index (χ2v) is 10.2. The van der Waals surface area contributed by atoms with E-state index in [1.165, 1.54) is 22.5 Å². The van der Waals surface area contributed by atoms with Gasteiger partial charge in [0.2, 0.25) is 0 Å². The lowest BCUT2D eigenvalue weighted by atomic mass is 9.99. The number of piperazine rings is 1. The zero-order valence-corrected chi connectivity index (χ0v) is 21.7. The van der Waals surface area contributed by atoms with Crippen LogP contribution in [0.5, 0.6) is 0 Å². The third-order valence-corrected chi connectivity index (χ3v) is 7.76. The number of fused-ring (bicyclic) bond motifs is 2. The van der Waals surface area contributed by atoms with Gasteiger partial charge in [-0.05, 0) is 36.2 Å². The smallest absolute Gasteiger partial charge is 0.186 e. The Morgan fingerprint density at radius 3 is 1.92 bits per heavy atom. The molecule has 38 heavy (non-hydrogen) atoms. The molecule has 3 heterocycles. The molecule has 0 radical (unpaired) electrons. The standard InChI is InChI=1S/C29H39N3O6/c33-20-25-26(34)27(35)28(36)29(38-25)37-19-18-31-16-14-30(15-17-31)12-5-13-32-23-8-3-1-6-21(23)10-11-22-7-2-4-9-24(22)32/h1-4,6-11,25-29,33-36H,5,12-20H2. The summed E-state index contributed by atoms with van der Waals surface area (Å²) >= 11 is 0. The molecule has 9 nitrogen and oxygen atoms in total. The minimum atomic E-state index is -1.41. The van der Waals surface area contributed by atoms with Crippen molar-refractivity contribution in [3.05, 3.63) is 59.7 Å². The van der Waals surface area contributed by atoms with Crippen molar-refractivity contribution in [2.75, 3.05) is 63.9 Å². The Hall–Kier alpha value is -2.34. The van der Waals surface area contributed by atoms with Gasteiger partial charge in [-0.15, -0.1) is 0 Å². The highest BCUT2D eigenvalue weighted by Gasteiger charge is 2.44. The Kier molecular flexibility index (Phi) is 9.08. The molecule has 206 valence electrons. The van der Waals surface area contributed by atoms with Gasteiger partial charge < -0.3 is 39.7 Å². The zero-order valence-electron chi connectivity index (χ0n) is 21.7. The highest BCUT2D eigenvalue weighted by atomic mass is 16.7. The van der Waals surface area contributed by atoms with Crippen LogP contribution in [0.3, 0.4) is 0 Å². The van der Waals surface area contributed by atoms with E-state index >= 15 is 0 Å². The second-order valence-electron chi connectivity index (χ2n) is 10.2. The Balaban J connectivity index is 1.06. The van der Waals surface area contributed by atoms with Crippen LogP contribution < -0.4 is 4.90 Å². The lowest BCUT2D eigenvalue weighted by Crippen LogP contribution is -2.59. The summed E-state index contributed by atoms with van der Waals surface area (Å²) in [6, 6.07) is 17.1. The quantitative estimate of drug-likeness (QED) is 0.383. The zero-order chi connectivity index (χ0) is 26.5. The van der Waals surface area contributed by atoms with Gasteiger partial charge in [-0.1, -0.05) is 48.6 Å². The van der Waals surface area contributed by atoms with Gasteiger partial charge in [-0.2, -0.15) is 0 Å². The molecule has 3 aliphatic heterocycles. The fourth-order valence-corrected chi connectivity index (χ4v) is 5.49. The summed E-state index contributed by atoms with van der Waals surface area (Å²) in [7, 11) is 0. The van der Waals surface area contributed by atoms with Crippen LogP contribution >= 0.6 is 0 Å². The predicted octanol–water partition coefficient (Wildman–Crippen LogP) is 1.13. The largest absolute Gasteiger partial charge is 0.394 e. The summed E-state index contributed by atoms with van der Waals surface area (Å²) in [5.74, 6) is 0. The van der Waals surface area contributed by atoms with Gasteiger partial charge in [0.25, 0.3) is 0 Å². The molecule has 3 aliphatic rings.